The summed E-state index contributed by atoms with van der Waals surface area (Å²) in [5, 5.41) is 2.76. The fourth-order valence-electron chi connectivity index (χ4n) is 2.82. The van der Waals surface area contributed by atoms with Gasteiger partial charge in [0.1, 0.15) is 17.2 Å². The molecule has 0 unspecified atom stereocenters. The van der Waals surface area contributed by atoms with Gasteiger partial charge in [-0.3, -0.25) is 9.52 Å². The molecule has 0 aliphatic carbocycles. The van der Waals surface area contributed by atoms with Gasteiger partial charge in [-0.2, -0.15) is 0 Å². The lowest BCUT2D eigenvalue weighted by Gasteiger charge is -2.13. The Kier molecular flexibility index (Phi) is 8.07. The Morgan fingerprint density at radius 1 is 0.848 bits per heavy atom. The molecule has 3 rings (SSSR count). The van der Waals surface area contributed by atoms with Crippen LogP contribution in [0.3, 0.4) is 0 Å². The van der Waals surface area contributed by atoms with Crippen LogP contribution in [0.15, 0.2) is 76.5 Å². The normalized spacial score (nSPS) is 10.9. The molecule has 0 saturated heterocycles. The van der Waals surface area contributed by atoms with Crippen LogP contribution in [0.2, 0.25) is 0 Å². The number of hydrogen-bond donors (Lipinski definition) is 2. The zero-order chi connectivity index (χ0) is 23.8. The van der Waals surface area contributed by atoms with E-state index in [2.05, 4.69) is 10.0 Å². The molecule has 174 valence electrons. The molecule has 0 aliphatic heterocycles. The van der Waals surface area contributed by atoms with Crippen molar-refractivity contribution in [1.29, 1.82) is 0 Å². The Morgan fingerprint density at radius 3 is 2.09 bits per heavy atom. The summed E-state index contributed by atoms with van der Waals surface area (Å²) in [6, 6.07) is 18.1. The van der Waals surface area contributed by atoms with E-state index < -0.39 is 10.0 Å². The monoisotopic (exact) mass is 488 g/mol. The Balaban J connectivity index is 1.61. The first-order chi connectivity index (χ1) is 15.8. The molecule has 0 aromatic heterocycles. The maximum atomic E-state index is 12.8. The molecule has 0 aliphatic rings. The first-order valence-electron chi connectivity index (χ1n) is 9.76. The summed E-state index contributed by atoms with van der Waals surface area (Å²) in [6.45, 7) is 0. The highest BCUT2D eigenvalue weighted by Crippen LogP contribution is 2.31. The molecular formula is C23H24N2O6S2. The van der Waals surface area contributed by atoms with Gasteiger partial charge in [-0.05, 0) is 60.7 Å². The van der Waals surface area contributed by atoms with Crippen molar-refractivity contribution < 1.29 is 27.4 Å². The van der Waals surface area contributed by atoms with Crippen molar-refractivity contribution in [2.45, 2.75) is 9.79 Å². The van der Waals surface area contributed by atoms with E-state index in [1.165, 1.54) is 50.2 Å². The van der Waals surface area contributed by atoms with Crippen LogP contribution in [-0.2, 0) is 14.8 Å². The quantitative estimate of drug-likeness (QED) is 0.411. The summed E-state index contributed by atoms with van der Waals surface area (Å²) in [5.74, 6) is 1.63. The number of rotatable bonds is 10. The predicted molar refractivity (Wildman–Crippen MR) is 129 cm³/mol. The molecule has 0 radical (unpaired) electrons. The van der Waals surface area contributed by atoms with Gasteiger partial charge in [0, 0.05) is 16.6 Å². The number of methoxy groups -OCH3 is 3. The highest BCUT2D eigenvalue weighted by atomic mass is 32.2. The average Bonchev–Trinajstić information content (AvgIpc) is 2.83. The number of carbonyl (C=O) groups is 1. The van der Waals surface area contributed by atoms with E-state index in [9.17, 15) is 13.2 Å². The summed E-state index contributed by atoms with van der Waals surface area (Å²) in [4.78, 5) is 13.2. The standard InChI is InChI=1S/C23H24N2O6S2/c1-29-17-6-9-19(10-7-17)32-15-23(26)24-16-4-11-20(12-5-16)33(27,28)25-21-13-8-18(30-2)14-22(21)31-3/h4-14,25H,15H2,1-3H3,(H,24,26). The van der Waals surface area contributed by atoms with Crippen LogP contribution in [0.4, 0.5) is 11.4 Å². The molecule has 3 aromatic rings. The first kappa shape index (κ1) is 24.3. The second-order valence-corrected chi connectivity index (χ2v) is 9.44. The van der Waals surface area contributed by atoms with Crippen molar-refractivity contribution in [3.8, 4) is 17.2 Å². The van der Waals surface area contributed by atoms with E-state index in [0.717, 1.165) is 10.6 Å². The zero-order valence-electron chi connectivity index (χ0n) is 18.3. The first-order valence-corrected chi connectivity index (χ1v) is 12.2. The Hall–Kier alpha value is -3.37. The van der Waals surface area contributed by atoms with E-state index in [0.29, 0.717) is 17.2 Å². The van der Waals surface area contributed by atoms with Crippen LogP contribution in [0, 0.1) is 0 Å². The smallest absolute Gasteiger partial charge is 0.262 e. The summed E-state index contributed by atoms with van der Waals surface area (Å²) in [6.07, 6.45) is 0. The number of ether oxygens (including phenoxy) is 3. The van der Waals surface area contributed by atoms with Gasteiger partial charge in [-0.25, -0.2) is 8.42 Å². The molecule has 8 nitrogen and oxygen atoms in total. The second kappa shape index (κ2) is 11.0. The molecule has 0 fully saturated rings. The number of sulfonamides is 1. The maximum absolute atomic E-state index is 12.8. The third-order valence-corrected chi connectivity index (χ3v) is 6.92. The summed E-state index contributed by atoms with van der Waals surface area (Å²) >= 11 is 1.39. The number of amides is 1. The van der Waals surface area contributed by atoms with Crippen molar-refractivity contribution in [1.82, 2.24) is 0 Å². The predicted octanol–water partition coefficient (Wildman–Crippen LogP) is 4.24. The van der Waals surface area contributed by atoms with Gasteiger partial charge in [0.15, 0.2) is 0 Å². The van der Waals surface area contributed by atoms with Gasteiger partial charge in [0.2, 0.25) is 5.91 Å². The van der Waals surface area contributed by atoms with Gasteiger partial charge in [0.25, 0.3) is 10.0 Å². The lowest BCUT2D eigenvalue weighted by atomic mass is 10.3. The van der Waals surface area contributed by atoms with Crippen molar-refractivity contribution in [2.75, 3.05) is 37.1 Å². The fourth-order valence-corrected chi connectivity index (χ4v) is 4.59. The molecule has 1 amide bonds. The number of carbonyl (C=O) groups excluding carboxylic acids is 1. The van der Waals surface area contributed by atoms with E-state index in [-0.39, 0.29) is 22.2 Å². The molecule has 3 aromatic carbocycles. The van der Waals surface area contributed by atoms with Crippen LogP contribution in [0.25, 0.3) is 0 Å². The SMILES string of the molecule is COc1ccc(SCC(=O)Nc2ccc(S(=O)(=O)Nc3ccc(OC)cc3OC)cc2)cc1. The number of thioether (sulfide) groups is 1. The van der Waals surface area contributed by atoms with Crippen LogP contribution in [0.5, 0.6) is 17.2 Å². The molecule has 0 saturated carbocycles. The van der Waals surface area contributed by atoms with E-state index in [1.807, 2.05) is 24.3 Å². The van der Waals surface area contributed by atoms with Crippen molar-refractivity contribution in [3.63, 3.8) is 0 Å². The molecule has 0 spiro atoms. The zero-order valence-corrected chi connectivity index (χ0v) is 20.0. The Labute approximate surface area is 197 Å². The summed E-state index contributed by atoms with van der Waals surface area (Å²) in [5.41, 5.74) is 0.780. The van der Waals surface area contributed by atoms with Gasteiger partial charge < -0.3 is 19.5 Å². The molecule has 2 N–H and O–H groups in total. The minimum atomic E-state index is -3.86. The molecule has 10 heteroatoms. The molecule has 0 atom stereocenters. The molecular weight excluding hydrogens is 464 g/mol. The van der Waals surface area contributed by atoms with Crippen molar-refractivity contribution in [2.24, 2.45) is 0 Å². The molecule has 0 bridgehead atoms. The maximum Gasteiger partial charge on any atom is 0.262 e. The third-order valence-electron chi connectivity index (χ3n) is 4.53. The van der Waals surface area contributed by atoms with E-state index in [4.69, 9.17) is 14.2 Å². The van der Waals surface area contributed by atoms with Crippen LogP contribution >= 0.6 is 11.8 Å². The second-order valence-electron chi connectivity index (χ2n) is 6.71. The van der Waals surface area contributed by atoms with E-state index in [1.54, 1.807) is 25.3 Å². The van der Waals surface area contributed by atoms with Crippen molar-refractivity contribution >= 4 is 39.1 Å². The van der Waals surface area contributed by atoms with Crippen molar-refractivity contribution in [3.05, 3.63) is 66.7 Å². The lowest BCUT2D eigenvalue weighted by Crippen LogP contribution is -2.15. The number of hydrogen-bond acceptors (Lipinski definition) is 7. The van der Waals surface area contributed by atoms with Crippen LogP contribution < -0.4 is 24.2 Å². The number of benzene rings is 3. The minimum absolute atomic E-state index is 0.0472. The molecule has 33 heavy (non-hydrogen) atoms. The fraction of sp³-hybridized carbons (Fsp3) is 0.174. The Morgan fingerprint density at radius 2 is 1.48 bits per heavy atom. The van der Waals surface area contributed by atoms with Crippen LogP contribution in [0.1, 0.15) is 0 Å². The van der Waals surface area contributed by atoms with Gasteiger partial charge in [0.05, 0.1) is 37.7 Å². The number of anilines is 2. The third kappa shape index (κ3) is 6.56. The topological polar surface area (TPSA) is 103 Å². The summed E-state index contributed by atoms with van der Waals surface area (Å²) in [7, 11) is 0.687. The Bertz CT molecular complexity index is 1200. The van der Waals surface area contributed by atoms with Crippen LogP contribution in [-0.4, -0.2) is 41.4 Å². The average molecular weight is 489 g/mol. The largest absolute Gasteiger partial charge is 0.497 e. The highest BCUT2D eigenvalue weighted by Gasteiger charge is 2.17. The molecule has 0 heterocycles. The van der Waals surface area contributed by atoms with Gasteiger partial charge >= 0.3 is 0 Å². The summed E-state index contributed by atoms with van der Waals surface area (Å²) < 4.78 is 43.5. The number of nitrogens with one attached hydrogen (secondary N) is 2. The highest BCUT2D eigenvalue weighted by molar-refractivity contribution is 8.00. The van der Waals surface area contributed by atoms with Gasteiger partial charge in [-0.1, -0.05) is 0 Å². The van der Waals surface area contributed by atoms with E-state index >= 15 is 0 Å². The lowest BCUT2D eigenvalue weighted by molar-refractivity contribution is -0.113. The van der Waals surface area contributed by atoms with Gasteiger partial charge in [-0.15, -0.1) is 11.8 Å². The minimum Gasteiger partial charge on any atom is -0.497 e.